The van der Waals surface area contributed by atoms with Gasteiger partial charge in [0, 0.05) is 10.4 Å². The van der Waals surface area contributed by atoms with Crippen LogP contribution in [0, 0.1) is 5.41 Å². The van der Waals surface area contributed by atoms with Gasteiger partial charge in [0.25, 0.3) is 0 Å². The molecule has 2 heteroatoms. The van der Waals surface area contributed by atoms with Crippen molar-refractivity contribution in [2.75, 3.05) is 0 Å². The predicted octanol–water partition coefficient (Wildman–Crippen LogP) is 3.44. The maximum Gasteiger partial charge on any atom is 0.161 e. The first-order valence-corrected chi connectivity index (χ1v) is 4.96. The number of carbonyl (C=O) groups is 1. The fourth-order valence-electron chi connectivity index (χ4n) is 1.49. The van der Waals surface area contributed by atoms with Crippen molar-refractivity contribution in [3.05, 3.63) is 23.3 Å². The van der Waals surface area contributed by atoms with Crippen molar-refractivity contribution < 1.29 is 4.79 Å². The molecule has 1 unspecified atom stereocenters. The quantitative estimate of drug-likeness (QED) is 0.665. The number of rotatable bonds is 2. The zero-order chi connectivity index (χ0) is 9.90. The van der Waals surface area contributed by atoms with E-state index in [-0.39, 0.29) is 11.2 Å². The Hall–Kier alpha value is -0.560. The average Bonchev–Trinajstić information content (AvgIpc) is 2.07. The monoisotopic (exact) mass is 198 g/mol. The van der Waals surface area contributed by atoms with Gasteiger partial charge in [0.2, 0.25) is 0 Å². The maximum absolute atomic E-state index is 11.6. The van der Waals surface area contributed by atoms with Gasteiger partial charge < -0.3 is 0 Å². The molecule has 0 aromatic heterocycles. The van der Waals surface area contributed by atoms with Crippen molar-refractivity contribution in [2.24, 2.45) is 5.41 Å². The molecule has 0 heterocycles. The fraction of sp³-hybridized carbons (Fsp3) is 0.545. The van der Waals surface area contributed by atoms with Gasteiger partial charge in [-0.15, -0.1) is 0 Å². The number of hydrogen-bond donors (Lipinski definition) is 0. The molecule has 13 heavy (non-hydrogen) atoms. The highest BCUT2D eigenvalue weighted by molar-refractivity contribution is 6.29. The molecule has 72 valence electrons. The Labute approximate surface area is 84.5 Å². The summed E-state index contributed by atoms with van der Waals surface area (Å²) in [7, 11) is 0. The van der Waals surface area contributed by atoms with Crippen LogP contribution in [0.1, 0.15) is 33.1 Å². The van der Waals surface area contributed by atoms with E-state index in [1.807, 2.05) is 26.0 Å². The Morgan fingerprint density at radius 1 is 1.77 bits per heavy atom. The molecule has 0 aromatic rings. The van der Waals surface area contributed by atoms with Crippen LogP contribution in [0.5, 0.6) is 0 Å². The smallest absolute Gasteiger partial charge is 0.161 e. The van der Waals surface area contributed by atoms with E-state index in [0.717, 1.165) is 24.3 Å². The maximum atomic E-state index is 11.6. The van der Waals surface area contributed by atoms with Gasteiger partial charge in [0.15, 0.2) is 5.78 Å². The molecule has 0 fully saturated rings. The van der Waals surface area contributed by atoms with Gasteiger partial charge in [-0.2, -0.15) is 0 Å². The Balaban J connectivity index is 2.70. The predicted molar refractivity (Wildman–Crippen MR) is 55.7 cm³/mol. The van der Waals surface area contributed by atoms with Gasteiger partial charge in [-0.25, -0.2) is 0 Å². The SMILES string of the molecule is CC(Cl)=CCC1(C)CCC=CC1=O. The van der Waals surface area contributed by atoms with E-state index in [1.54, 1.807) is 6.08 Å². The largest absolute Gasteiger partial charge is 0.294 e. The normalized spacial score (nSPS) is 29.5. The summed E-state index contributed by atoms with van der Waals surface area (Å²) in [6, 6.07) is 0. The second-order valence-electron chi connectivity index (χ2n) is 3.86. The van der Waals surface area contributed by atoms with Gasteiger partial charge in [-0.05, 0) is 32.3 Å². The summed E-state index contributed by atoms with van der Waals surface area (Å²) in [5, 5.41) is 0.767. The Morgan fingerprint density at radius 2 is 2.46 bits per heavy atom. The minimum Gasteiger partial charge on any atom is -0.294 e. The lowest BCUT2D eigenvalue weighted by Crippen LogP contribution is -2.27. The first-order chi connectivity index (χ1) is 6.04. The first-order valence-electron chi connectivity index (χ1n) is 4.58. The molecular formula is C11H15ClO. The highest BCUT2D eigenvalue weighted by Crippen LogP contribution is 2.33. The molecule has 1 aliphatic rings. The molecule has 0 radical (unpaired) electrons. The van der Waals surface area contributed by atoms with Crippen LogP contribution < -0.4 is 0 Å². The van der Waals surface area contributed by atoms with Gasteiger partial charge in [0.05, 0.1) is 0 Å². The van der Waals surface area contributed by atoms with Crippen LogP contribution in [0.4, 0.5) is 0 Å². The second kappa shape index (κ2) is 4.10. The Bertz CT molecular complexity index is 261. The van der Waals surface area contributed by atoms with E-state index in [1.165, 1.54) is 0 Å². The van der Waals surface area contributed by atoms with Gasteiger partial charge in [-0.3, -0.25) is 4.79 Å². The van der Waals surface area contributed by atoms with Crippen molar-refractivity contribution in [1.29, 1.82) is 0 Å². The number of carbonyl (C=O) groups excluding carboxylic acids is 1. The third-order valence-corrected chi connectivity index (χ3v) is 2.72. The summed E-state index contributed by atoms with van der Waals surface area (Å²) >= 11 is 5.74. The molecule has 0 amide bonds. The van der Waals surface area contributed by atoms with E-state index in [9.17, 15) is 4.79 Å². The van der Waals surface area contributed by atoms with E-state index in [0.29, 0.717) is 0 Å². The molecule has 1 aliphatic carbocycles. The summed E-state index contributed by atoms with van der Waals surface area (Å²) in [6.45, 7) is 3.85. The third kappa shape index (κ3) is 2.70. The molecule has 0 saturated carbocycles. The number of hydrogen-bond acceptors (Lipinski definition) is 1. The molecule has 1 nitrogen and oxygen atoms in total. The van der Waals surface area contributed by atoms with Crippen molar-refractivity contribution in [3.63, 3.8) is 0 Å². The molecule has 1 atom stereocenters. The van der Waals surface area contributed by atoms with Crippen LogP contribution in [-0.2, 0) is 4.79 Å². The van der Waals surface area contributed by atoms with Gasteiger partial charge in [0.1, 0.15) is 0 Å². The summed E-state index contributed by atoms with van der Waals surface area (Å²) in [5.41, 5.74) is -0.217. The molecule has 0 aromatic carbocycles. The minimum absolute atomic E-state index is 0.217. The fourth-order valence-corrected chi connectivity index (χ4v) is 1.56. The molecule has 1 rings (SSSR count). The highest BCUT2D eigenvalue weighted by atomic mass is 35.5. The molecule has 0 aliphatic heterocycles. The lowest BCUT2D eigenvalue weighted by molar-refractivity contribution is -0.123. The van der Waals surface area contributed by atoms with Crippen LogP contribution in [0.25, 0.3) is 0 Å². The van der Waals surface area contributed by atoms with E-state index in [4.69, 9.17) is 11.6 Å². The van der Waals surface area contributed by atoms with Gasteiger partial charge >= 0.3 is 0 Å². The van der Waals surface area contributed by atoms with E-state index >= 15 is 0 Å². The topological polar surface area (TPSA) is 17.1 Å². The van der Waals surface area contributed by atoms with Crippen LogP contribution >= 0.6 is 11.6 Å². The summed E-state index contributed by atoms with van der Waals surface area (Å²) < 4.78 is 0. The van der Waals surface area contributed by atoms with Gasteiger partial charge in [-0.1, -0.05) is 30.7 Å². The van der Waals surface area contributed by atoms with Crippen molar-refractivity contribution in [1.82, 2.24) is 0 Å². The van der Waals surface area contributed by atoms with Crippen LogP contribution in [0.15, 0.2) is 23.3 Å². The van der Waals surface area contributed by atoms with Crippen LogP contribution in [0.3, 0.4) is 0 Å². The number of ketones is 1. The average molecular weight is 199 g/mol. The number of allylic oxidation sites excluding steroid dienone is 4. The summed E-state index contributed by atoms with van der Waals surface area (Å²) in [5.74, 6) is 0.230. The second-order valence-corrected chi connectivity index (χ2v) is 4.46. The zero-order valence-electron chi connectivity index (χ0n) is 8.14. The summed E-state index contributed by atoms with van der Waals surface area (Å²) in [4.78, 5) is 11.6. The first kappa shape index (κ1) is 10.5. The third-order valence-electron chi connectivity index (χ3n) is 2.56. The van der Waals surface area contributed by atoms with E-state index < -0.39 is 0 Å². The molecule has 0 N–H and O–H groups in total. The highest BCUT2D eigenvalue weighted by Gasteiger charge is 2.31. The zero-order valence-corrected chi connectivity index (χ0v) is 8.90. The van der Waals surface area contributed by atoms with Crippen LogP contribution in [-0.4, -0.2) is 5.78 Å². The standard InChI is InChI=1S/C11H15ClO/c1-9(12)6-8-11(2)7-4-3-5-10(11)13/h3,5-6H,4,7-8H2,1-2H3. The Kier molecular flexibility index (Phi) is 3.32. The van der Waals surface area contributed by atoms with Crippen LogP contribution in [0.2, 0.25) is 0 Å². The van der Waals surface area contributed by atoms with Crippen molar-refractivity contribution in [3.8, 4) is 0 Å². The van der Waals surface area contributed by atoms with Crippen molar-refractivity contribution >= 4 is 17.4 Å². The van der Waals surface area contributed by atoms with Crippen molar-refractivity contribution in [2.45, 2.75) is 33.1 Å². The molecule has 0 bridgehead atoms. The number of halogens is 1. The summed E-state index contributed by atoms with van der Waals surface area (Å²) in [6.07, 6.45) is 8.26. The molecular weight excluding hydrogens is 184 g/mol. The Morgan fingerprint density at radius 3 is 3.00 bits per heavy atom. The van der Waals surface area contributed by atoms with E-state index in [2.05, 4.69) is 0 Å². The molecule has 0 spiro atoms. The lowest BCUT2D eigenvalue weighted by Gasteiger charge is -2.27. The molecule has 0 saturated heterocycles. The lowest BCUT2D eigenvalue weighted by atomic mass is 9.75. The minimum atomic E-state index is -0.217.